The Labute approximate surface area is 170 Å². The number of amides is 3. The second-order valence-corrected chi connectivity index (χ2v) is 6.92. The van der Waals surface area contributed by atoms with Gasteiger partial charge < -0.3 is 16.4 Å². The van der Waals surface area contributed by atoms with Gasteiger partial charge in [-0.1, -0.05) is 24.3 Å². The number of hydrogen-bond donors (Lipinski definition) is 3. The third-order valence-corrected chi connectivity index (χ3v) is 4.71. The molecule has 3 amide bonds. The van der Waals surface area contributed by atoms with Crippen LogP contribution < -0.4 is 16.4 Å². The van der Waals surface area contributed by atoms with Crippen LogP contribution >= 0.6 is 15.9 Å². The molecular formula is C19H20BrFN4O3. The second kappa shape index (κ2) is 9.93. The van der Waals surface area contributed by atoms with Crippen LogP contribution in [-0.4, -0.2) is 34.8 Å². The molecule has 0 aliphatic rings. The zero-order valence-electron chi connectivity index (χ0n) is 15.1. The van der Waals surface area contributed by atoms with E-state index in [2.05, 4.69) is 31.5 Å². The lowest BCUT2D eigenvalue weighted by Gasteiger charge is -2.22. The van der Waals surface area contributed by atoms with Crippen molar-refractivity contribution in [3.05, 3.63) is 64.1 Å². The normalized spacial score (nSPS) is 12.7. The zero-order chi connectivity index (χ0) is 20.7. The summed E-state index contributed by atoms with van der Waals surface area (Å²) in [7, 11) is 0. The molecule has 1 heterocycles. The summed E-state index contributed by atoms with van der Waals surface area (Å²) in [6.07, 6.45) is 1.62. The molecule has 2 rings (SSSR count). The van der Waals surface area contributed by atoms with E-state index in [0.29, 0.717) is 10.2 Å². The number of aromatic nitrogens is 1. The van der Waals surface area contributed by atoms with Crippen LogP contribution in [0.25, 0.3) is 0 Å². The van der Waals surface area contributed by atoms with Gasteiger partial charge in [0.25, 0.3) is 0 Å². The largest absolute Gasteiger partial charge is 0.368 e. The maximum absolute atomic E-state index is 13.9. The lowest BCUT2D eigenvalue weighted by atomic mass is 10.0. The van der Waals surface area contributed by atoms with Crippen LogP contribution in [0.4, 0.5) is 4.39 Å². The molecule has 28 heavy (non-hydrogen) atoms. The lowest BCUT2D eigenvalue weighted by Crippen LogP contribution is -2.54. The number of hydrogen-bond acceptors (Lipinski definition) is 4. The maximum Gasteiger partial charge on any atom is 0.243 e. The summed E-state index contributed by atoms with van der Waals surface area (Å²) in [5, 5.41) is 5.02. The quantitative estimate of drug-likeness (QED) is 0.524. The summed E-state index contributed by atoms with van der Waals surface area (Å²) in [5.74, 6) is -2.32. The molecule has 0 bridgehead atoms. The second-order valence-electron chi connectivity index (χ2n) is 6.17. The molecule has 2 atom stereocenters. The summed E-state index contributed by atoms with van der Waals surface area (Å²) in [6, 6.07) is 7.30. The standard InChI is InChI=1S/C19H20BrFN4O3/c1-11(26)24-16(9-12-5-2-3-7-14(12)21)19(28)25-15(18(22)27)10-13-6-4-8-23-17(13)20/h2-8,15-16H,9-10H2,1H3,(H2,22,27)(H,24,26)(H,25,28)/t15-,16-/m1/s1. The number of primary amides is 1. The topological polar surface area (TPSA) is 114 Å². The van der Waals surface area contributed by atoms with Crippen molar-refractivity contribution >= 4 is 33.7 Å². The zero-order valence-corrected chi connectivity index (χ0v) is 16.7. The number of carbonyl (C=O) groups excluding carboxylic acids is 3. The Morgan fingerprint density at radius 3 is 2.32 bits per heavy atom. The maximum atomic E-state index is 13.9. The van der Waals surface area contributed by atoms with Gasteiger partial charge in [-0.15, -0.1) is 0 Å². The van der Waals surface area contributed by atoms with Gasteiger partial charge in [0.2, 0.25) is 17.7 Å². The van der Waals surface area contributed by atoms with E-state index in [1.165, 1.54) is 25.1 Å². The van der Waals surface area contributed by atoms with E-state index in [1.807, 2.05) is 0 Å². The third-order valence-electron chi connectivity index (χ3n) is 4.00. The smallest absolute Gasteiger partial charge is 0.243 e. The minimum absolute atomic E-state index is 0.0693. The minimum Gasteiger partial charge on any atom is -0.368 e. The summed E-state index contributed by atoms with van der Waals surface area (Å²) in [5.41, 5.74) is 6.37. The Balaban J connectivity index is 2.17. The van der Waals surface area contributed by atoms with Crippen molar-refractivity contribution in [1.82, 2.24) is 15.6 Å². The summed E-state index contributed by atoms with van der Waals surface area (Å²) < 4.78 is 14.5. The first-order valence-electron chi connectivity index (χ1n) is 8.47. The molecule has 0 spiro atoms. The van der Waals surface area contributed by atoms with Crippen LogP contribution in [0.3, 0.4) is 0 Å². The molecule has 148 valence electrons. The first-order valence-corrected chi connectivity index (χ1v) is 9.26. The first-order chi connectivity index (χ1) is 13.3. The van der Waals surface area contributed by atoms with E-state index in [-0.39, 0.29) is 18.4 Å². The minimum atomic E-state index is -1.06. The van der Waals surface area contributed by atoms with Crippen molar-refractivity contribution in [2.45, 2.75) is 31.8 Å². The Hall–Kier alpha value is -2.81. The highest BCUT2D eigenvalue weighted by Crippen LogP contribution is 2.15. The lowest BCUT2D eigenvalue weighted by molar-refractivity contribution is -0.130. The molecule has 0 saturated carbocycles. The Bertz CT molecular complexity index is 878. The van der Waals surface area contributed by atoms with Gasteiger partial charge in [-0.2, -0.15) is 0 Å². The Morgan fingerprint density at radius 2 is 1.71 bits per heavy atom. The van der Waals surface area contributed by atoms with Gasteiger partial charge in [-0.05, 0) is 39.2 Å². The monoisotopic (exact) mass is 450 g/mol. The van der Waals surface area contributed by atoms with Crippen LogP contribution in [0.15, 0.2) is 47.2 Å². The van der Waals surface area contributed by atoms with Crippen LogP contribution in [0.5, 0.6) is 0 Å². The molecule has 0 aliphatic heterocycles. The average molecular weight is 451 g/mol. The molecule has 0 radical (unpaired) electrons. The number of nitrogens with one attached hydrogen (secondary N) is 2. The van der Waals surface area contributed by atoms with Crippen LogP contribution in [0.1, 0.15) is 18.1 Å². The molecule has 7 nitrogen and oxygen atoms in total. The number of nitrogens with two attached hydrogens (primary N) is 1. The van der Waals surface area contributed by atoms with E-state index >= 15 is 0 Å². The molecular weight excluding hydrogens is 431 g/mol. The number of pyridine rings is 1. The highest BCUT2D eigenvalue weighted by atomic mass is 79.9. The Kier molecular flexibility index (Phi) is 7.62. The molecule has 0 aliphatic carbocycles. The van der Waals surface area contributed by atoms with Crippen molar-refractivity contribution in [1.29, 1.82) is 0 Å². The number of benzene rings is 1. The summed E-state index contributed by atoms with van der Waals surface area (Å²) in [6.45, 7) is 1.25. The highest BCUT2D eigenvalue weighted by molar-refractivity contribution is 9.10. The van der Waals surface area contributed by atoms with E-state index in [0.717, 1.165) is 0 Å². The Morgan fingerprint density at radius 1 is 1.07 bits per heavy atom. The fourth-order valence-electron chi connectivity index (χ4n) is 2.63. The number of carbonyl (C=O) groups is 3. The fourth-order valence-corrected chi connectivity index (χ4v) is 3.04. The summed E-state index contributed by atoms with van der Waals surface area (Å²) in [4.78, 5) is 40.1. The van der Waals surface area contributed by atoms with Crippen LogP contribution in [-0.2, 0) is 27.2 Å². The molecule has 1 aromatic heterocycles. The van der Waals surface area contributed by atoms with Gasteiger partial charge in [0.15, 0.2) is 0 Å². The van der Waals surface area contributed by atoms with Crippen molar-refractivity contribution in [3.63, 3.8) is 0 Å². The van der Waals surface area contributed by atoms with Crippen molar-refractivity contribution in [2.24, 2.45) is 5.73 Å². The predicted molar refractivity (Wildman–Crippen MR) is 104 cm³/mol. The number of nitrogens with zero attached hydrogens (tertiary/aromatic N) is 1. The predicted octanol–water partition coefficient (Wildman–Crippen LogP) is 1.24. The molecule has 0 saturated heterocycles. The van der Waals surface area contributed by atoms with Gasteiger partial charge in [-0.25, -0.2) is 9.37 Å². The van der Waals surface area contributed by atoms with Crippen LogP contribution in [0.2, 0.25) is 0 Å². The van der Waals surface area contributed by atoms with E-state index in [9.17, 15) is 18.8 Å². The molecule has 0 fully saturated rings. The van der Waals surface area contributed by atoms with Gasteiger partial charge in [0.05, 0.1) is 0 Å². The third kappa shape index (κ3) is 6.12. The van der Waals surface area contributed by atoms with Crippen molar-refractivity contribution in [2.75, 3.05) is 0 Å². The summed E-state index contributed by atoms with van der Waals surface area (Å²) >= 11 is 3.28. The fraction of sp³-hybridized carbons (Fsp3) is 0.263. The van der Waals surface area contributed by atoms with Gasteiger partial charge in [0.1, 0.15) is 22.5 Å². The van der Waals surface area contributed by atoms with Gasteiger partial charge in [-0.3, -0.25) is 14.4 Å². The molecule has 1 aromatic carbocycles. The average Bonchev–Trinajstić information content (AvgIpc) is 2.63. The van der Waals surface area contributed by atoms with Crippen LogP contribution in [0, 0.1) is 5.82 Å². The molecule has 2 aromatic rings. The van der Waals surface area contributed by atoms with Crippen molar-refractivity contribution in [3.8, 4) is 0 Å². The first kappa shape index (κ1) is 21.5. The van der Waals surface area contributed by atoms with Gasteiger partial charge >= 0.3 is 0 Å². The number of rotatable bonds is 8. The number of halogens is 2. The van der Waals surface area contributed by atoms with Crippen molar-refractivity contribution < 1.29 is 18.8 Å². The molecule has 0 unspecified atom stereocenters. The van der Waals surface area contributed by atoms with E-state index in [4.69, 9.17) is 5.73 Å². The van der Waals surface area contributed by atoms with E-state index in [1.54, 1.807) is 24.4 Å². The molecule has 4 N–H and O–H groups in total. The SMILES string of the molecule is CC(=O)N[C@H](Cc1ccccc1F)C(=O)N[C@H](Cc1cccnc1Br)C(N)=O. The highest BCUT2D eigenvalue weighted by Gasteiger charge is 2.26. The van der Waals surface area contributed by atoms with Gasteiger partial charge in [0, 0.05) is 26.0 Å². The molecule has 9 heteroatoms. The van der Waals surface area contributed by atoms with E-state index < -0.39 is 35.6 Å².